The molecule has 6 nitrogen and oxygen atoms in total. The molecule has 0 radical (unpaired) electrons. The average Bonchev–Trinajstić information content (AvgIpc) is 3.44. The predicted octanol–water partition coefficient (Wildman–Crippen LogP) is 2.75. The Morgan fingerprint density at radius 2 is 1.78 bits per heavy atom. The van der Waals surface area contributed by atoms with Crippen LogP contribution in [0, 0.1) is 11.3 Å². The smallest absolute Gasteiger partial charge is 0.324 e. The lowest BCUT2D eigenvalue weighted by Crippen LogP contribution is -2.53. The lowest BCUT2D eigenvalue weighted by molar-refractivity contribution is 0.201. The van der Waals surface area contributed by atoms with E-state index in [0.29, 0.717) is 31.9 Å². The van der Waals surface area contributed by atoms with Gasteiger partial charge in [0, 0.05) is 50.0 Å². The van der Waals surface area contributed by atoms with Crippen LogP contribution in [0.4, 0.5) is 16.2 Å². The van der Waals surface area contributed by atoms with E-state index >= 15 is 0 Å². The number of nitrogens with zero attached hydrogens (tertiary/aromatic N) is 5. The third kappa shape index (κ3) is 2.54. The van der Waals surface area contributed by atoms with Gasteiger partial charge in [-0.25, -0.2) is 9.78 Å². The first-order chi connectivity index (χ1) is 13.2. The Morgan fingerprint density at radius 3 is 2.52 bits per heavy atom. The Hall–Kier alpha value is -3.07. The second kappa shape index (κ2) is 5.98. The summed E-state index contributed by atoms with van der Waals surface area (Å²) >= 11 is 0. The van der Waals surface area contributed by atoms with Gasteiger partial charge in [0.2, 0.25) is 0 Å². The largest absolute Gasteiger partial charge is 0.366 e. The number of amides is 2. The SMILES string of the molecule is N#Cc1ncccc1N1CCN(C(=O)N2CC3(CC3)c3ccccc32)CC1. The molecule has 1 aliphatic carbocycles. The zero-order chi connectivity index (χ0) is 18.4. The molecule has 0 bridgehead atoms. The summed E-state index contributed by atoms with van der Waals surface area (Å²) < 4.78 is 0. The molecule has 6 heteroatoms. The Morgan fingerprint density at radius 1 is 1.04 bits per heavy atom. The van der Waals surface area contributed by atoms with E-state index in [1.165, 1.54) is 18.4 Å². The van der Waals surface area contributed by atoms with Crippen LogP contribution in [0.25, 0.3) is 0 Å². The molecule has 0 unspecified atom stereocenters. The van der Waals surface area contributed by atoms with Crippen molar-refractivity contribution in [3.8, 4) is 6.07 Å². The molecule has 2 fully saturated rings. The molecule has 1 saturated carbocycles. The third-order valence-electron chi connectivity index (χ3n) is 6.09. The molecule has 2 aliphatic heterocycles. The number of carbonyl (C=O) groups excluding carboxylic acids is 1. The van der Waals surface area contributed by atoms with E-state index in [-0.39, 0.29) is 11.4 Å². The number of para-hydroxylation sites is 1. The molecular formula is C21H21N5O. The molecule has 136 valence electrons. The van der Waals surface area contributed by atoms with E-state index in [2.05, 4.69) is 34.2 Å². The van der Waals surface area contributed by atoms with Crippen molar-refractivity contribution in [3.63, 3.8) is 0 Å². The predicted molar refractivity (Wildman–Crippen MR) is 103 cm³/mol. The molecule has 2 aromatic rings. The monoisotopic (exact) mass is 359 g/mol. The first-order valence-corrected chi connectivity index (χ1v) is 9.48. The van der Waals surface area contributed by atoms with E-state index in [4.69, 9.17) is 0 Å². The van der Waals surface area contributed by atoms with Crippen molar-refractivity contribution in [2.45, 2.75) is 18.3 Å². The van der Waals surface area contributed by atoms with Gasteiger partial charge in [0.15, 0.2) is 5.69 Å². The number of anilines is 2. The van der Waals surface area contributed by atoms with Crippen LogP contribution in [-0.2, 0) is 5.41 Å². The Balaban J connectivity index is 1.31. The van der Waals surface area contributed by atoms with Gasteiger partial charge in [-0.3, -0.25) is 4.90 Å². The van der Waals surface area contributed by atoms with Crippen molar-refractivity contribution < 1.29 is 4.79 Å². The van der Waals surface area contributed by atoms with Crippen LogP contribution < -0.4 is 9.80 Å². The Kier molecular flexibility index (Phi) is 3.57. The number of hydrogen-bond donors (Lipinski definition) is 0. The summed E-state index contributed by atoms with van der Waals surface area (Å²) in [4.78, 5) is 23.4. The topological polar surface area (TPSA) is 63.5 Å². The fraction of sp³-hybridized carbons (Fsp3) is 0.381. The van der Waals surface area contributed by atoms with Gasteiger partial charge in [0.25, 0.3) is 0 Å². The van der Waals surface area contributed by atoms with Gasteiger partial charge in [-0.05, 0) is 36.6 Å². The zero-order valence-corrected chi connectivity index (χ0v) is 15.1. The maximum atomic E-state index is 13.2. The van der Waals surface area contributed by atoms with Gasteiger partial charge in [0.05, 0.1) is 5.69 Å². The minimum Gasteiger partial charge on any atom is -0.366 e. The van der Waals surface area contributed by atoms with Crippen molar-refractivity contribution in [1.82, 2.24) is 9.88 Å². The van der Waals surface area contributed by atoms with Crippen LogP contribution in [0.1, 0.15) is 24.1 Å². The number of carbonyl (C=O) groups is 1. The second-order valence-corrected chi connectivity index (χ2v) is 7.62. The van der Waals surface area contributed by atoms with Gasteiger partial charge in [-0.2, -0.15) is 5.26 Å². The summed E-state index contributed by atoms with van der Waals surface area (Å²) in [5.74, 6) is 0. The molecule has 3 aliphatic rings. The molecular weight excluding hydrogens is 338 g/mol. The summed E-state index contributed by atoms with van der Waals surface area (Å²) in [5.41, 5.74) is 3.94. The van der Waals surface area contributed by atoms with E-state index in [9.17, 15) is 10.1 Å². The van der Waals surface area contributed by atoms with Gasteiger partial charge in [-0.15, -0.1) is 0 Å². The van der Waals surface area contributed by atoms with Crippen molar-refractivity contribution in [1.29, 1.82) is 5.26 Å². The number of pyridine rings is 1. The molecule has 0 N–H and O–H groups in total. The number of rotatable bonds is 1. The number of fused-ring (bicyclic) bond motifs is 2. The summed E-state index contributed by atoms with van der Waals surface area (Å²) in [6.45, 7) is 3.56. The average molecular weight is 359 g/mol. The fourth-order valence-electron chi connectivity index (χ4n) is 4.43. The first-order valence-electron chi connectivity index (χ1n) is 9.48. The maximum absolute atomic E-state index is 13.2. The summed E-state index contributed by atoms with van der Waals surface area (Å²) in [6, 6.07) is 14.4. The summed E-state index contributed by atoms with van der Waals surface area (Å²) in [7, 11) is 0. The van der Waals surface area contributed by atoms with Gasteiger partial charge in [0.1, 0.15) is 6.07 Å². The van der Waals surface area contributed by atoms with E-state index in [1.807, 2.05) is 28.0 Å². The van der Waals surface area contributed by atoms with Crippen molar-refractivity contribution in [2.75, 3.05) is 42.5 Å². The van der Waals surface area contributed by atoms with Gasteiger partial charge in [-0.1, -0.05) is 18.2 Å². The number of benzene rings is 1. The maximum Gasteiger partial charge on any atom is 0.324 e. The second-order valence-electron chi connectivity index (χ2n) is 7.62. The van der Waals surface area contributed by atoms with Gasteiger partial charge < -0.3 is 9.80 Å². The normalized spacial score (nSPS) is 19.7. The molecule has 1 spiro atoms. The summed E-state index contributed by atoms with van der Waals surface area (Å²) in [5, 5.41) is 9.27. The van der Waals surface area contributed by atoms with E-state index in [1.54, 1.807) is 6.20 Å². The highest BCUT2D eigenvalue weighted by Gasteiger charge is 2.53. The minimum absolute atomic E-state index is 0.109. The van der Waals surface area contributed by atoms with Crippen molar-refractivity contribution >= 4 is 17.4 Å². The van der Waals surface area contributed by atoms with Crippen LogP contribution in [0.5, 0.6) is 0 Å². The van der Waals surface area contributed by atoms with Crippen LogP contribution in [0.3, 0.4) is 0 Å². The van der Waals surface area contributed by atoms with Crippen molar-refractivity contribution in [2.24, 2.45) is 0 Å². The molecule has 1 aromatic heterocycles. The van der Waals surface area contributed by atoms with E-state index < -0.39 is 0 Å². The standard InChI is InChI=1S/C21H21N5O/c22-14-17-19(6-3-9-23-17)24-10-12-25(13-11-24)20(27)26-15-21(7-8-21)16-4-1-2-5-18(16)26/h1-6,9H,7-8,10-13,15H2. The molecule has 5 rings (SSSR count). The Bertz CT molecular complexity index is 938. The number of piperazine rings is 1. The highest BCUT2D eigenvalue weighted by Crippen LogP contribution is 2.56. The fourth-order valence-corrected chi connectivity index (χ4v) is 4.43. The molecule has 3 heterocycles. The number of aromatic nitrogens is 1. The molecule has 2 amide bonds. The number of urea groups is 1. The van der Waals surface area contributed by atoms with Crippen LogP contribution >= 0.6 is 0 Å². The molecule has 1 aromatic carbocycles. The first kappa shape index (κ1) is 16.1. The lowest BCUT2D eigenvalue weighted by Gasteiger charge is -2.38. The number of nitriles is 1. The highest BCUT2D eigenvalue weighted by molar-refractivity contribution is 5.95. The van der Waals surface area contributed by atoms with Crippen LogP contribution in [0.2, 0.25) is 0 Å². The summed E-state index contributed by atoms with van der Waals surface area (Å²) in [6.07, 6.45) is 4.00. The Labute approximate surface area is 158 Å². The lowest BCUT2D eigenvalue weighted by atomic mass is 9.99. The van der Waals surface area contributed by atoms with Crippen molar-refractivity contribution in [3.05, 3.63) is 53.9 Å². The minimum atomic E-state index is 0.109. The molecule has 1 saturated heterocycles. The zero-order valence-electron chi connectivity index (χ0n) is 15.1. The number of hydrogen-bond acceptors (Lipinski definition) is 4. The quantitative estimate of drug-likeness (QED) is 0.785. The molecule has 0 atom stereocenters. The highest BCUT2D eigenvalue weighted by atomic mass is 16.2. The van der Waals surface area contributed by atoms with E-state index in [0.717, 1.165) is 17.9 Å². The van der Waals surface area contributed by atoms with Gasteiger partial charge >= 0.3 is 6.03 Å². The third-order valence-corrected chi connectivity index (χ3v) is 6.09. The molecule has 27 heavy (non-hydrogen) atoms. The van der Waals surface area contributed by atoms with Crippen LogP contribution in [-0.4, -0.2) is 48.6 Å². The van der Waals surface area contributed by atoms with Crippen LogP contribution in [0.15, 0.2) is 42.6 Å².